The number of anilines is 1. The van der Waals surface area contributed by atoms with Crippen LogP contribution in [0.25, 0.3) is 0 Å². The van der Waals surface area contributed by atoms with E-state index in [4.69, 9.17) is 4.52 Å². The maximum absolute atomic E-state index is 11.9. The molecule has 1 amide bonds. The minimum absolute atomic E-state index is 0.0619. The third kappa shape index (κ3) is 4.35. The van der Waals surface area contributed by atoms with Crippen LogP contribution in [0.15, 0.2) is 4.52 Å². The molecule has 0 saturated heterocycles. The van der Waals surface area contributed by atoms with E-state index in [1.165, 1.54) is 11.3 Å². The molecule has 0 unspecified atom stereocenters. The molecule has 2 rings (SSSR count). The normalized spacial score (nSPS) is 10.8. The highest BCUT2D eigenvalue weighted by Gasteiger charge is 2.12. The van der Waals surface area contributed by atoms with Gasteiger partial charge in [-0.2, -0.15) is 0 Å². The number of nitrogens with zero attached hydrogens (tertiary/aromatic N) is 3. The number of aryl methyl sites for hydroxylation is 3. The number of hydrogen-bond acceptors (Lipinski definition) is 6. The second-order valence-corrected chi connectivity index (χ2v) is 6.02. The van der Waals surface area contributed by atoms with Gasteiger partial charge in [-0.3, -0.25) is 4.79 Å². The lowest BCUT2D eigenvalue weighted by Gasteiger charge is -2.01. The Morgan fingerprint density at radius 2 is 2.10 bits per heavy atom. The van der Waals surface area contributed by atoms with Gasteiger partial charge in [0.05, 0.1) is 5.69 Å². The van der Waals surface area contributed by atoms with Gasteiger partial charge in [0.2, 0.25) is 11.0 Å². The first-order valence-corrected chi connectivity index (χ1v) is 7.95. The molecule has 0 bridgehead atoms. The van der Waals surface area contributed by atoms with E-state index >= 15 is 0 Å². The van der Waals surface area contributed by atoms with Crippen LogP contribution in [0.1, 0.15) is 48.2 Å². The molecule has 0 atom stereocenters. The van der Waals surface area contributed by atoms with E-state index in [2.05, 4.69) is 27.6 Å². The number of nitrogens with one attached hydrogen (secondary N) is 1. The molecule has 0 radical (unpaired) electrons. The summed E-state index contributed by atoms with van der Waals surface area (Å²) in [6.45, 7) is 5.88. The summed E-state index contributed by atoms with van der Waals surface area (Å²) < 4.78 is 5.08. The van der Waals surface area contributed by atoms with Crippen molar-refractivity contribution in [2.24, 2.45) is 0 Å². The smallest absolute Gasteiger partial charge is 0.226 e. The molecule has 2 aromatic rings. The summed E-state index contributed by atoms with van der Waals surface area (Å²) in [4.78, 5) is 11.9. The van der Waals surface area contributed by atoms with E-state index in [0.717, 1.165) is 41.3 Å². The minimum atomic E-state index is -0.0619. The molecular formula is C14H20N4O2S. The molecule has 1 N–H and O–H groups in total. The van der Waals surface area contributed by atoms with Crippen LogP contribution in [-0.4, -0.2) is 21.3 Å². The number of hydrogen-bond donors (Lipinski definition) is 1. The minimum Gasteiger partial charge on any atom is -0.361 e. The SMILES string of the molecule is CCCCc1nnc(NC(=O)CCc2c(C)noc2C)s1. The van der Waals surface area contributed by atoms with Crippen LogP contribution in [0.4, 0.5) is 5.13 Å². The standard InChI is InChI=1S/C14H20N4O2S/c1-4-5-6-13-16-17-14(21-13)15-12(19)8-7-11-9(2)18-20-10(11)3/h4-8H2,1-3H3,(H,15,17,19). The Morgan fingerprint density at radius 3 is 2.76 bits per heavy atom. The maximum atomic E-state index is 11.9. The first kappa shape index (κ1) is 15.6. The van der Waals surface area contributed by atoms with Gasteiger partial charge >= 0.3 is 0 Å². The molecule has 0 aliphatic carbocycles. The van der Waals surface area contributed by atoms with Crippen LogP contribution in [0, 0.1) is 13.8 Å². The van der Waals surface area contributed by atoms with E-state index < -0.39 is 0 Å². The van der Waals surface area contributed by atoms with Crippen molar-refractivity contribution in [1.82, 2.24) is 15.4 Å². The predicted octanol–water partition coefficient (Wildman–Crippen LogP) is 3.06. The maximum Gasteiger partial charge on any atom is 0.226 e. The number of aromatic nitrogens is 3. The lowest BCUT2D eigenvalue weighted by Crippen LogP contribution is -2.12. The van der Waals surface area contributed by atoms with Gasteiger partial charge in [0.25, 0.3) is 0 Å². The molecule has 0 saturated carbocycles. The Labute approximate surface area is 127 Å². The number of carbonyl (C=O) groups is 1. The number of rotatable bonds is 7. The van der Waals surface area contributed by atoms with Gasteiger partial charge in [0, 0.05) is 18.4 Å². The van der Waals surface area contributed by atoms with Crippen LogP contribution in [0.2, 0.25) is 0 Å². The average molecular weight is 308 g/mol. The molecule has 7 heteroatoms. The molecule has 2 aromatic heterocycles. The second-order valence-electron chi connectivity index (χ2n) is 4.96. The zero-order valence-electron chi connectivity index (χ0n) is 12.6. The van der Waals surface area contributed by atoms with Crippen LogP contribution < -0.4 is 5.32 Å². The zero-order valence-corrected chi connectivity index (χ0v) is 13.4. The highest BCUT2D eigenvalue weighted by Crippen LogP contribution is 2.18. The molecule has 0 aliphatic rings. The largest absolute Gasteiger partial charge is 0.361 e. The van der Waals surface area contributed by atoms with Gasteiger partial charge in [0.15, 0.2) is 0 Å². The first-order chi connectivity index (χ1) is 10.1. The van der Waals surface area contributed by atoms with Crippen molar-refractivity contribution in [3.8, 4) is 0 Å². The van der Waals surface area contributed by atoms with Crippen molar-refractivity contribution in [1.29, 1.82) is 0 Å². The van der Waals surface area contributed by atoms with Crippen LogP contribution in [-0.2, 0) is 17.6 Å². The summed E-state index contributed by atoms with van der Waals surface area (Å²) in [5, 5.41) is 16.3. The van der Waals surface area contributed by atoms with Gasteiger partial charge < -0.3 is 9.84 Å². The van der Waals surface area contributed by atoms with Gasteiger partial charge in [-0.1, -0.05) is 29.8 Å². The molecule has 0 aromatic carbocycles. The van der Waals surface area contributed by atoms with Gasteiger partial charge in [0.1, 0.15) is 10.8 Å². The fraction of sp³-hybridized carbons (Fsp3) is 0.571. The molecular weight excluding hydrogens is 288 g/mol. The number of carbonyl (C=O) groups excluding carboxylic acids is 1. The van der Waals surface area contributed by atoms with E-state index in [9.17, 15) is 4.79 Å². The van der Waals surface area contributed by atoms with Crippen molar-refractivity contribution < 1.29 is 9.32 Å². The average Bonchev–Trinajstić information content (AvgIpc) is 3.02. The lowest BCUT2D eigenvalue weighted by atomic mass is 10.1. The number of amides is 1. The highest BCUT2D eigenvalue weighted by atomic mass is 32.1. The van der Waals surface area contributed by atoms with E-state index in [0.29, 0.717) is 18.0 Å². The zero-order chi connectivity index (χ0) is 15.2. The monoisotopic (exact) mass is 308 g/mol. The summed E-state index contributed by atoms with van der Waals surface area (Å²) in [5.41, 5.74) is 1.85. The Kier molecular flexibility index (Phi) is 5.44. The summed E-state index contributed by atoms with van der Waals surface area (Å²) in [6, 6.07) is 0. The number of unbranched alkanes of at least 4 members (excludes halogenated alkanes) is 1. The Hall–Kier alpha value is -1.76. The Bertz CT molecular complexity index is 586. The molecule has 6 nitrogen and oxygen atoms in total. The fourth-order valence-corrected chi connectivity index (χ4v) is 2.81. The van der Waals surface area contributed by atoms with Crippen molar-refractivity contribution in [3.63, 3.8) is 0 Å². The summed E-state index contributed by atoms with van der Waals surface area (Å²) >= 11 is 1.45. The van der Waals surface area contributed by atoms with Crippen molar-refractivity contribution >= 4 is 22.4 Å². The van der Waals surface area contributed by atoms with Crippen molar-refractivity contribution in [2.75, 3.05) is 5.32 Å². The third-order valence-electron chi connectivity index (χ3n) is 3.24. The Morgan fingerprint density at radius 1 is 1.29 bits per heavy atom. The topological polar surface area (TPSA) is 80.9 Å². The van der Waals surface area contributed by atoms with Gasteiger partial charge in [-0.15, -0.1) is 10.2 Å². The second kappa shape index (κ2) is 7.31. The van der Waals surface area contributed by atoms with Crippen LogP contribution >= 0.6 is 11.3 Å². The lowest BCUT2D eigenvalue weighted by molar-refractivity contribution is -0.116. The quantitative estimate of drug-likeness (QED) is 0.850. The Balaban J connectivity index is 1.83. The third-order valence-corrected chi connectivity index (χ3v) is 4.14. The van der Waals surface area contributed by atoms with Crippen LogP contribution in [0.3, 0.4) is 0 Å². The van der Waals surface area contributed by atoms with E-state index in [1.807, 2.05) is 13.8 Å². The molecule has 114 valence electrons. The molecule has 0 aliphatic heterocycles. The van der Waals surface area contributed by atoms with E-state index in [-0.39, 0.29) is 5.91 Å². The van der Waals surface area contributed by atoms with E-state index in [1.54, 1.807) is 0 Å². The van der Waals surface area contributed by atoms with Crippen molar-refractivity contribution in [2.45, 2.75) is 52.9 Å². The predicted molar refractivity (Wildman–Crippen MR) is 81.4 cm³/mol. The van der Waals surface area contributed by atoms with Crippen molar-refractivity contribution in [3.05, 3.63) is 22.0 Å². The molecule has 0 fully saturated rings. The summed E-state index contributed by atoms with van der Waals surface area (Å²) in [7, 11) is 0. The molecule has 21 heavy (non-hydrogen) atoms. The summed E-state index contributed by atoms with van der Waals surface area (Å²) in [5.74, 6) is 0.714. The molecule has 2 heterocycles. The van der Waals surface area contributed by atoms with Gasteiger partial charge in [-0.05, 0) is 26.7 Å². The highest BCUT2D eigenvalue weighted by molar-refractivity contribution is 7.15. The first-order valence-electron chi connectivity index (χ1n) is 7.14. The van der Waals surface area contributed by atoms with Crippen LogP contribution in [0.5, 0.6) is 0 Å². The molecule has 0 spiro atoms. The van der Waals surface area contributed by atoms with Gasteiger partial charge in [-0.25, -0.2) is 0 Å². The fourth-order valence-electron chi connectivity index (χ4n) is 2.01. The summed E-state index contributed by atoms with van der Waals surface area (Å²) in [6.07, 6.45) is 4.14.